The number of thiophene rings is 1. The lowest BCUT2D eigenvalue weighted by Crippen LogP contribution is -2.56. The lowest BCUT2D eigenvalue weighted by molar-refractivity contribution is -0.139. The van der Waals surface area contributed by atoms with Gasteiger partial charge < -0.3 is 4.90 Å². The van der Waals surface area contributed by atoms with E-state index in [-0.39, 0.29) is 17.4 Å². The summed E-state index contributed by atoms with van der Waals surface area (Å²) in [6.45, 7) is 5.82. The van der Waals surface area contributed by atoms with Gasteiger partial charge in [-0.1, -0.05) is 18.2 Å². The standard InChI is InChI=1S/C24H28N4O2S/c1-16(22-19-6-2-3-7-20(19)23(29)26-25-22)24(30)28-10-4-5-18-14-27(11-8-21(18)28)13-17-9-12-31-15-17/h2-3,6-7,9,12,15-16,18,21H,4-5,8,10-11,13-14H2,1H3,(H,26,29)/t16?,18-,21-/m1/s1. The molecule has 4 heterocycles. The summed E-state index contributed by atoms with van der Waals surface area (Å²) >= 11 is 1.75. The van der Waals surface area contributed by atoms with E-state index in [1.54, 1.807) is 17.4 Å². The van der Waals surface area contributed by atoms with Gasteiger partial charge in [0.25, 0.3) is 5.56 Å². The van der Waals surface area contributed by atoms with Crippen molar-refractivity contribution in [2.45, 2.75) is 44.7 Å². The number of aromatic nitrogens is 2. The molecule has 7 heteroatoms. The number of rotatable bonds is 4. The Bertz CT molecular complexity index is 1130. The molecule has 2 aromatic heterocycles. The van der Waals surface area contributed by atoms with Crippen LogP contribution in [0, 0.1) is 5.92 Å². The Morgan fingerprint density at radius 2 is 2.06 bits per heavy atom. The molecule has 1 unspecified atom stereocenters. The van der Waals surface area contributed by atoms with Crippen LogP contribution in [-0.4, -0.2) is 51.6 Å². The molecule has 5 rings (SSSR count). The zero-order valence-corrected chi connectivity index (χ0v) is 18.6. The molecule has 162 valence electrons. The Hall–Kier alpha value is -2.51. The Balaban J connectivity index is 1.34. The normalized spacial score (nSPS) is 22.9. The third-order valence-electron chi connectivity index (χ3n) is 6.93. The van der Waals surface area contributed by atoms with Gasteiger partial charge in [0.15, 0.2) is 0 Å². The van der Waals surface area contributed by atoms with Crippen molar-refractivity contribution in [2.75, 3.05) is 19.6 Å². The molecule has 0 saturated carbocycles. The molecule has 31 heavy (non-hydrogen) atoms. The predicted octanol–water partition coefficient (Wildman–Crippen LogP) is 3.60. The first-order chi connectivity index (χ1) is 15.1. The van der Waals surface area contributed by atoms with E-state index in [1.165, 1.54) is 12.0 Å². The highest BCUT2D eigenvalue weighted by atomic mass is 32.1. The van der Waals surface area contributed by atoms with E-state index in [9.17, 15) is 9.59 Å². The summed E-state index contributed by atoms with van der Waals surface area (Å²) in [4.78, 5) is 30.4. The minimum absolute atomic E-state index is 0.130. The maximum absolute atomic E-state index is 13.6. The first-order valence-electron chi connectivity index (χ1n) is 11.1. The van der Waals surface area contributed by atoms with Gasteiger partial charge in [-0.3, -0.25) is 14.5 Å². The summed E-state index contributed by atoms with van der Waals surface area (Å²) in [6.07, 6.45) is 3.25. The summed E-state index contributed by atoms with van der Waals surface area (Å²) in [7, 11) is 0. The van der Waals surface area contributed by atoms with E-state index >= 15 is 0 Å². The average molecular weight is 437 g/mol. The summed E-state index contributed by atoms with van der Waals surface area (Å²) in [6, 6.07) is 9.92. The molecular weight excluding hydrogens is 408 g/mol. The number of fused-ring (bicyclic) bond motifs is 2. The van der Waals surface area contributed by atoms with Crippen LogP contribution in [0.15, 0.2) is 45.9 Å². The van der Waals surface area contributed by atoms with E-state index in [0.717, 1.165) is 44.4 Å². The van der Waals surface area contributed by atoms with Gasteiger partial charge in [-0.05, 0) is 60.6 Å². The van der Waals surface area contributed by atoms with Gasteiger partial charge in [0, 0.05) is 37.6 Å². The van der Waals surface area contributed by atoms with E-state index in [1.807, 2.05) is 25.1 Å². The summed E-state index contributed by atoms with van der Waals surface area (Å²) < 4.78 is 0. The highest BCUT2D eigenvalue weighted by Gasteiger charge is 2.39. The number of hydrogen-bond donors (Lipinski definition) is 1. The summed E-state index contributed by atoms with van der Waals surface area (Å²) in [5.74, 6) is 0.271. The number of amides is 1. The van der Waals surface area contributed by atoms with Crippen molar-refractivity contribution in [1.29, 1.82) is 0 Å². The maximum Gasteiger partial charge on any atom is 0.272 e. The molecule has 2 aliphatic heterocycles. The fourth-order valence-electron chi connectivity index (χ4n) is 5.37. The topological polar surface area (TPSA) is 69.3 Å². The Kier molecular flexibility index (Phi) is 5.63. The maximum atomic E-state index is 13.6. The number of hydrogen-bond acceptors (Lipinski definition) is 5. The van der Waals surface area contributed by atoms with Gasteiger partial charge in [0.05, 0.1) is 17.0 Å². The molecule has 0 bridgehead atoms. The molecule has 3 aromatic rings. The van der Waals surface area contributed by atoms with Crippen molar-refractivity contribution in [3.05, 3.63) is 62.7 Å². The minimum atomic E-state index is -0.385. The Morgan fingerprint density at radius 1 is 1.23 bits per heavy atom. The molecular formula is C24H28N4O2S. The number of carbonyl (C=O) groups is 1. The van der Waals surface area contributed by atoms with Gasteiger partial charge in [0.2, 0.25) is 5.91 Å². The van der Waals surface area contributed by atoms with Crippen LogP contribution < -0.4 is 5.56 Å². The monoisotopic (exact) mass is 436 g/mol. The van der Waals surface area contributed by atoms with Crippen molar-refractivity contribution < 1.29 is 4.79 Å². The number of nitrogens with zero attached hydrogens (tertiary/aromatic N) is 3. The summed E-state index contributed by atoms with van der Waals surface area (Å²) in [5.41, 5.74) is 1.84. The zero-order chi connectivity index (χ0) is 21.4. The predicted molar refractivity (Wildman–Crippen MR) is 123 cm³/mol. The molecule has 0 aliphatic carbocycles. The van der Waals surface area contributed by atoms with Crippen molar-refractivity contribution >= 4 is 28.0 Å². The highest BCUT2D eigenvalue weighted by molar-refractivity contribution is 7.07. The van der Waals surface area contributed by atoms with Crippen LogP contribution in [-0.2, 0) is 11.3 Å². The molecule has 1 aromatic carbocycles. The highest BCUT2D eigenvalue weighted by Crippen LogP contribution is 2.34. The largest absolute Gasteiger partial charge is 0.339 e. The second kappa shape index (κ2) is 8.55. The second-order valence-electron chi connectivity index (χ2n) is 8.86. The molecule has 2 saturated heterocycles. The second-order valence-corrected chi connectivity index (χ2v) is 9.64. The van der Waals surface area contributed by atoms with Gasteiger partial charge >= 0.3 is 0 Å². The van der Waals surface area contributed by atoms with Gasteiger partial charge in [-0.15, -0.1) is 0 Å². The average Bonchev–Trinajstić information content (AvgIpc) is 3.31. The van der Waals surface area contributed by atoms with E-state index in [4.69, 9.17) is 0 Å². The number of carbonyl (C=O) groups excluding carboxylic acids is 1. The number of nitrogens with one attached hydrogen (secondary N) is 1. The summed E-state index contributed by atoms with van der Waals surface area (Å²) in [5, 5.41) is 12.6. The van der Waals surface area contributed by atoms with Crippen LogP contribution in [0.5, 0.6) is 0 Å². The van der Waals surface area contributed by atoms with Gasteiger partial charge in [-0.25, -0.2) is 5.10 Å². The van der Waals surface area contributed by atoms with Crippen LogP contribution in [0.25, 0.3) is 10.8 Å². The van der Waals surface area contributed by atoms with Crippen molar-refractivity contribution in [3.63, 3.8) is 0 Å². The van der Waals surface area contributed by atoms with Crippen molar-refractivity contribution in [3.8, 4) is 0 Å². The van der Waals surface area contributed by atoms with Crippen LogP contribution >= 0.6 is 11.3 Å². The molecule has 2 fully saturated rings. The lowest BCUT2D eigenvalue weighted by Gasteiger charge is -2.48. The quantitative estimate of drug-likeness (QED) is 0.679. The van der Waals surface area contributed by atoms with E-state index in [0.29, 0.717) is 23.0 Å². The third-order valence-corrected chi connectivity index (χ3v) is 7.66. The smallest absolute Gasteiger partial charge is 0.272 e. The number of benzene rings is 1. The Morgan fingerprint density at radius 3 is 2.87 bits per heavy atom. The fraction of sp³-hybridized carbons (Fsp3) is 0.458. The van der Waals surface area contributed by atoms with Crippen molar-refractivity contribution in [1.82, 2.24) is 20.0 Å². The van der Waals surface area contributed by atoms with Gasteiger partial charge in [-0.2, -0.15) is 16.4 Å². The van der Waals surface area contributed by atoms with Crippen molar-refractivity contribution in [2.24, 2.45) is 5.92 Å². The zero-order valence-electron chi connectivity index (χ0n) is 17.8. The van der Waals surface area contributed by atoms with Gasteiger partial charge in [0.1, 0.15) is 0 Å². The van der Waals surface area contributed by atoms with Crippen LogP contribution in [0.4, 0.5) is 0 Å². The third kappa shape index (κ3) is 3.92. The van der Waals surface area contributed by atoms with Crippen LogP contribution in [0.2, 0.25) is 0 Å². The molecule has 1 N–H and O–H groups in total. The molecule has 2 aliphatic rings. The van der Waals surface area contributed by atoms with E-state index < -0.39 is 0 Å². The first-order valence-corrected chi connectivity index (χ1v) is 12.1. The number of piperidine rings is 2. The molecule has 0 spiro atoms. The number of H-pyrrole nitrogens is 1. The molecule has 1 amide bonds. The molecule has 3 atom stereocenters. The van der Waals surface area contributed by atoms with E-state index in [2.05, 4.69) is 36.8 Å². The first kappa shape index (κ1) is 20.4. The number of aromatic amines is 1. The lowest BCUT2D eigenvalue weighted by atomic mass is 9.83. The SMILES string of the molecule is CC(C(=O)N1CCC[C@@H]2CN(Cc3ccsc3)CC[C@H]21)c1n[nH]c(=O)c2ccccc12. The minimum Gasteiger partial charge on any atom is -0.339 e. The number of likely N-dealkylation sites (tertiary alicyclic amines) is 2. The van der Waals surface area contributed by atoms with Crippen LogP contribution in [0.1, 0.15) is 43.4 Å². The Labute approximate surface area is 185 Å². The molecule has 0 radical (unpaired) electrons. The van der Waals surface area contributed by atoms with Crippen LogP contribution in [0.3, 0.4) is 0 Å². The molecule has 6 nitrogen and oxygen atoms in total. The fourth-order valence-corrected chi connectivity index (χ4v) is 6.03.